The van der Waals surface area contributed by atoms with Crippen LogP contribution in [-0.4, -0.2) is 138 Å². The highest BCUT2D eigenvalue weighted by Gasteiger charge is 2.52. The summed E-state index contributed by atoms with van der Waals surface area (Å²) in [5.41, 5.74) is -3.05. The minimum absolute atomic E-state index is 0.0964. The Labute approximate surface area is 327 Å². The predicted octanol–water partition coefficient (Wildman–Crippen LogP) is 2.79. The van der Waals surface area contributed by atoms with E-state index in [-0.39, 0.29) is 18.9 Å². The Bertz CT molecular complexity index is 1280. The molecular weight excluding hydrogens is 720 g/mol. The Balaban J connectivity index is 2.25. The van der Waals surface area contributed by atoms with Gasteiger partial charge in [0.15, 0.2) is 18.4 Å². The fraction of sp³-hybridized carbons (Fsp3) is 0.925. The summed E-state index contributed by atoms with van der Waals surface area (Å²) in [5.74, 6) is -8.30. The largest absolute Gasteiger partial charge is 0.469 e. The smallest absolute Gasteiger partial charge is 0.311 e. The predicted molar refractivity (Wildman–Crippen MR) is 198 cm³/mol. The molecular formula is C40H70O15. The van der Waals surface area contributed by atoms with Gasteiger partial charge in [0.2, 0.25) is 0 Å². The quantitative estimate of drug-likeness (QED) is 0.248. The van der Waals surface area contributed by atoms with Crippen molar-refractivity contribution in [2.75, 3.05) is 21.3 Å². The van der Waals surface area contributed by atoms with Crippen LogP contribution in [0.2, 0.25) is 0 Å². The van der Waals surface area contributed by atoms with E-state index in [1.165, 1.54) is 35.2 Å². The molecule has 0 radical (unpaired) electrons. The van der Waals surface area contributed by atoms with Crippen molar-refractivity contribution in [2.45, 2.75) is 174 Å². The first-order chi connectivity index (χ1) is 25.5. The van der Waals surface area contributed by atoms with Gasteiger partial charge in [-0.3, -0.25) is 14.4 Å². The second kappa shape index (κ2) is 19.3. The van der Waals surface area contributed by atoms with Gasteiger partial charge >= 0.3 is 11.9 Å². The van der Waals surface area contributed by atoms with Gasteiger partial charge in [-0.1, -0.05) is 34.6 Å². The molecule has 55 heavy (non-hydrogen) atoms. The average molecular weight is 791 g/mol. The number of rotatable bonds is 9. The summed E-state index contributed by atoms with van der Waals surface area (Å²) in [6.07, 6.45) is -9.70. The number of Topliss-reactive ketones (excluding diaryl/α,β-unsaturated/α-hetero) is 1. The summed E-state index contributed by atoms with van der Waals surface area (Å²) in [7, 11) is 4.17. The SMILES string of the molecule is COC(=O)[C@@H]1[C@@H](C)[C@H]([C@H](C)[C@H](C)O)OC(=O)[C@@H](C)[C@H](O[C@H]2C[C@](C)(OC)[C@@H](O)[C@H](C)O2)[C@@H](C)[C@H](O[C@@H]2O[C@H](C)C[C@@H](OC)[C@@H]2O)[C@H](C)C[C@@](C)(O)C(=O)[C@@H]1C. The Hall–Kier alpha value is -1.79. The molecule has 4 N–H and O–H groups in total. The summed E-state index contributed by atoms with van der Waals surface area (Å²) in [6, 6.07) is 0. The first kappa shape index (κ1) is 47.6. The molecule has 15 heteroatoms. The zero-order valence-corrected chi connectivity index (χ0v) is 35.3. The number of carbonyl (C=O) groups excluding carboxylic acids is 3. The highest BCUT2D eigenvalue weighted by Crippen LogP contribution is 2.41. The van der Waals surface area contributed by atoms with Gasteiger partial charge in [-0.25, -0.2) is 0 Å². The van der Waals surface area contributed by atoms with Crippen LogP contribution in [0.1, 0.15) is 95.4 Å². The van der Waals surface area contributed by atoms with Gasteiger partial charge in [0, 0.05) is 50.7 Å². The molecule has 0 aliphatic carbocycles. The van der Waals surface area contributed by atoms with Crippen LogP contribution in [0, 0.1) is 41.4 Å². The third-order valence-electron chi connectivity index (χ3n) is 12.7. The molecule has 0 amide bonds. The van der Waals surface area contributed by atoms with Crippen molar-refractivity contribution < 1.29 is 72.7 Å². The Kier molecular flexibility index (Phi) is 16.7. The molecule has 0 aromatic rings. The number of hydrogen-bond donors (Lipinski definition) is 4. The van der Waals surface area contributed by atoms with Crippen molar-refractivity contribution in [3.05, 3.63) is 0 Å². The van der Waals surface area contributed by atoms with E-state index in [1.807, 2.05) is 6.92 Å². The summed E-state index contributed by atoms with van der Waals surface area (Å²) in [4.78, 5) is 42.3. The third-order valence-corrected chi connectivity index (χ3v) is 12.7. The maximum Gasteiger partial charge on any atom is 0.311 e. The molecule has 3 aliphatic heterocycles. The number of esters is 2. The number of methoxy groups -OCH3 is 3. The lowest BCUT2D eigenvalue weighted by atomic mass is 9.70. The van der Waals surface area contributed by atoms with Crippen molar-refractivity contribution >= 4 is 17.7 Å². The van der Waals surface area contributed by atoms with E-state index in [1.54, 1.807) is 55.4 Å². The lowest BCUT2D eigenvalue weighted by Crippen LogP contribution is -2.58. The van der Waals surface area contributed by atoms with E-state index in [9.17, 15) is 34.8 Å². The summed E-state index contributed by atoms with van der Waals surface area (Å²) >= 11 is 0. The lowest BCUT2D eigenvalue weighted by Gasteiger charge is -2.47. The van der Waals surface area contributed by atoms with Crippen molar-refractivity contribution in [2.24, 2.45) is 41.4 Å². The van der Waals surface area contributed by atoms with Gasteiger partial charge < -0.3 is 58.3 Å². The number of cyclic esters (lactones) is 1. The second-order valence-corrected chi connectivity index (χ2v) is 17.1. The van der Waals surface area contributed by atoms with Crippen molar-refractivity contribution in [1.29, 1.82) is 0 Å². The molecule has 0 aromatic carbocycles. The summed E-state index contributed by atoms with van der Waals surface area (Å²) in [5, 5.41) is 45.0. The number of aliphatic hydroxyl groups excluding tert-OH is 3. The van der Waals surface area contributed by atoms with Gasteiger partial charge in [0.05, 0.1) is 61.2 Å². The first-order valence-electron chi connectivity index (χ1n) is 19.7. The zero-order chi connectivity index (χ0) is 41.9. The van der Waals surface area contributed by atoms with Gasteiger partial charge in [-0.05, 0) is 53.9 Å². The van der Waals surface area contributed by atoms with Crippen LogP contribution >= 0.6 is 0 Å². The highest BCUT2D eigenvalue weighted by molar-refractivity contribution is 5.92. The van der Waals surface area contributed by atoms with E-state index < -0.39 is 132 Å². The molecule has 0 spiro atoms. The van der Waals surface area contributed by atoms with Crippen LogP contribution in [0.3, 0.4) is 0 Å². The highest BCUT2D eigenvalue weighted by atomic mass is 16.7. The van der Waals surface area contributed by atoms with Gasteiger partial charge in [-0.15, -0.1) is 0 Å². The zero-order valence-electron chi connectivity index (χ0n) is 35.3. The molecule has 3 fully saturated rings. The summed E-state index contributed by atoms with van der Waals surface area (Å²) < 4.78 is 48.3. The van der Waals surface area contributed by atoms with Crippen molar-refractivity contribution in [3.8, 4) is 0 Å². The fourth-order valence-electron chi connectivity index (χ4n) is 9.00. The fourth-order valence-corrected chi connectivity index (χ4v) is 9.00. The Morgan fingerprint density at radius 2 is 1.49 bits per heavy atom. The van der Waals surface area contributed by atoms with Crippen LogP contribution in [0.25, 0.3) is 0 Å². The van der Waals surface area contributed by atoms with E-state index in [4.69, 9.17) is 37.9 Å². The maximum absolute atomic E-state index is 14.5. The molecule has 20 atom stereocenters. The number of ketones is 1. The molecule has 0 saturated carbocycles. The molecule has 3 saturated heterocycles. The van der Waals surface area contributed by atoms with Gasteiger partial charge in [-0.2, -0.15) is 0 Å². The van der Waals surface area contributed by atoms with Gasteiger partial charge in [0.25, 0.3) is 0 Å². The molecule has 3 aliphatic rings. The minimum Gasteiger partial charge on any atom is -0.469 e. The Morgan fingerprint density at radius 1 is 0.873 bits per heavy atom. The molecule has 0 aromatic heterocycles. The standard InChI is InChI=1S/C40H70O15/c1-18-16-39(10,47)34(43)22(5)29(37(46)49-13)21(4)32(20(3)25(8)41)54-36(45)24(7)33(53-28-17-40(11,50-14)35(44)26(9)52-28)23(6)31(18)55-38-30(42)27(48-12)15-19(2)51-38/h18-33,35,38,41-42,44,47H,15-17H2,1-14H3/t18-,19-,20-,21-,22-,23+,24+,25+,26+,27-,28+,29-,30+,31-,32+,33-,35+,38+,39-,40+/m1/s1. The van der Waals surface area contributed by atoms with Crippen LogP contribution in [0.5, 0.6) is 0 Å². The second-order valence-electron chi connectivity index (χ2n) is 17.1. The molecule has 320 valence electrons. The number of hydrogen-bond acceptors (Lipinski definition) is 15. The van der Waals surface area contributed by atoms with Crippen molar-refractivity contribution in [1.82, 2.24) is 0 Å². The lowest BCUT2D eigenvalue weighted by molar-refractivity contribution is -0.312. The number of carbonyl (C=O) groups is 3. The molecule has 0 unspecified atom stereocenters. The van der Waals surface area contributed by atoms with Crippen LogP contribution in [-0.2, 0) is 52.3 Å². The van der Waals surface area contributed by atoms with Crippen LogP contribution < -0.4 is 0 Å². The normalized spacial score (nSPS) is 46.6. The van der Waals surface area contributed by atoms with Crippen LogP contribution in [0.15, 0.2) is 0 Å². The number of aliphatic hydroxyl groups is 4. The monoisotopic (exact) mass is 790 g/mol. The third kappa shape index (κ3) is 10.6. The average Bonchev–Trinajstić information content (AvgIpc) is 3.12. The molecule has 0 bridgehead atoms. The van der Waals surface area contributed by atoms with Crippen molar-refractivity contribution in [3.63, 3.8) is 0 Å². The topological polar surface area (TPSA) is 206 Å². The maximum atomic E-state index is 14.5. The Morgan fingerprint density at radius 3 is 2.04 bits per heavy atom. The van der Waals surface area contributed by atoms with E-state index in [2.05, 4.69) is 0 Å². The minimum atomic E-state index is -1.99. The van der Waals surface area contributed by atoms with E-state index >= 15 is 0 Å². The first-order valence-corrected chi connectivity index (χ1v) is 19.7. The van der Waals surface area contributed by atoms with E-state index in [0.717, 1.165) is 0 Å². The van der Waals surface area contributed by atoms with E-state index in [0.29, 0.717) is 6.42 Å². The van der Waals surface area contributed by atoms with Gasteiger partial charge in [0.1, 0.15) is 23.9 Å². The number of ether oxygens (including phenoxy) is 8. The van der Waals surface area contributed by atoms with Crippen LogP contribution in [0.4, 0.5) is 0 Å². The summed E-state index contributed by atoms with van der Waals surface area (Å²) in [6.45, 7) is 18.3. The molecule has 3 heterocycles. The molecule has 15 nitrogen and oxygen atoms in total. The molecule has 3 rings (SSSR count).